The van der Waals surface area contributed by atoms with Crippen LogP contribution in [-0.2, 0) is 10.1 Å². The van der Waals surface area contributed by atoms with E-state index in [2.05, 4.69) is 14.7 Å². The Balaban J connectivity index is 1.64. The van der Waals surface area contributed by atoms with E-state index in [1.165, 1.54) is 0 Å². The third-order valence-corrected chi connectivity index (χ3v) is 3.58. The molecular weight excluding hydrogens is 330 g/mol. The quantitative estimate of drug-likeness (QED) is 0.568. The average Bonchev–Trinajstić information content (AvgIpc) is 3.19. The highest BCUT2D eigenvalue weighted by molar-refractivity contribution is 6.21. The minimum atomic E-state index is -3.71. The van der Waals surface area contributed by atoms with E-state index >= 15 is 0 Å². The molecule has 0 amide bonds. The predicted octanol–water partition coefficient (Wildman–Crippen LogP) is 3.63. The van der Waals surface area contributed by atoms with Gasteiger partial charge >= 0.3 is 11.3 Å². The number of alkyl halides is 3. The predicted molar refractivity (Wildman–Crippen MR) is 77.4 cm³/mol. The molecule has 1 aliphatic carbocycles. The second-order valence-corrected chi connectivity index (χ2v) is 5.85. The fourth-order valence-corrected chi connectivity index (χ4v) is 2.02. The minimum Gasteiger partial charge on any atom is -0.373 e. The fraction of sp³-hybridized carbons (Fsp3) is 0.400. The number of hydrogen-bond acceptors (Lipinski definition) is 5. The van der Waals surface area contributed by atoms with E-state index in [1.807, 2.05) is 0 Å². The lowest BCUT2D eigenvalue weighted by Gasteiger charge is -2.03. The standard InChI is InChI=1S/C15H13ClF2N2O3/c16-15(17,18)14-19-13(20-23-14)11-5-3-10(4-6-11)12(21)8-22-7-9-1-2-9/h3-6,9H,1-2,7-8H2. The van der Waals surface area contributed by atoms with Gasteiger partial charge in [0, 0.05) is 11.1 Å². The molecule has 1 fully saturated rings. The van der Waals surface area contributed by atoms with Gasteiger partial charge in [-0.25, -0.2) is 0 Å². The fourth-order valence-electron chi connectivity index (χ4n) is 1.95. The Hall–Kier alpha value is -1.86. The maximum absolute atomic E-state index is 12.8. The monoisotopic (exact) mass is 342 g/mol. The molecule has 1 saturated carbocycles. The zero-order chi connectivity index (χ0) is 16.4. The van der Waals surface area contributed by atoms with Crippen LogP contribution in [0.3, 0.4) is 0 Å². The van der Waals surface area contributed by atoms with Crippen LogP contribution in [-0.4, -0.2) is 29.1 Å². The molecule has 8 heteroatoms. The van der Waals surface area contributed by atoms with Crippen molar-refractivity contribution in [3.8, 4) is 11.4 Å². The Labute approximate surface area is 135 Å². The summed E-state index contributed by atoms with van der Waals surface area (Å²) in [6.45, 7) is 0.642. The Morgan fingerprint density at radius 2 is 2.04 bits per heavy atom. The first-order valence-electron chi connectivity index (χ1n) is 7.06. The van der Waals surface area contributed by atoms with Crippen LogP contribution >= 0.6 is 11.6 Å². The first kappa shape index (κ1) is 16.0. The summed E-state index contributed by atoms with van der Waals surface area (Å²) >= 11 is 4.81. The molecule has 23 heavy (non-hydrogen) atoms. The van der Waals surface area contributed by atoms with Gasteiger partial charge in [-0.1, -0.05) is 29.4 Å². The molecule has 2 aromatic rings. The highest BCUT2D eigenvalue weighted by Gasteiger charge is 2.35. The molecule has 0 aliphatic heterocycles. The van der Waals surface area contributed by atoms with E-state index in [9.17, 15) is 13.6 Å². The molecule has 1 aliphatic rings. The Bertz CT molecular complexity index is 693. The minimum absolute atomic E-state index is 0.0238. The SMILES string of the molecule is O=C(COCC1CC1)c1ccc(-c2noc(C(F)(F)Cl)n2)cc1. The van der Waals surface area contributed by atoms with Crippen molar-refractivity contribution >= 4 is 17.4 Å². The summed E-state index contributed by atoms with van der Waals surface area (Å²) in [4.78, 5) is 15.5. The first-order valence-corrected chi connectivity index (χ1v) is 7.43. The molecular formula is C15H13ClF2N2O3. The maximum atomic E-state index is 12.8. The summed E-state index contributed by atoms with van der Waals surface area (Å²) in [5, 5.41) is -0.265. The molecule has 122 valence electrons. The molecule has 5 nitrogen and oxygen atoms in total. The Kier molecular flexibility index (Phi) is 4.41. The summed E-state index contributed by atoms with van der Waals surface area (Å²) in [5.41, 5.74) is 0.910. The molecule has 0 unspecified atom stereocenters. The number of rotatable bonds is 7. The largest absolute Gasteiger partial charge is 0.400 e. The average molecular weight is 343 g/mol. The van der Waals surface area contributed by atoms with Gasteiger partial charge in [0.15, 0.2) is 5.78 Å². The normalized spacial score (nSPS) is 14.9. The molecule has 1 heterocycles. The van der Waals surface area contributed by atoms with Gasteiger partial charge in [0.2, 0.25) is 5.82 Å². The molecule has 0 atom stereocenters. The highest BCUT2D eigenvalue weighted by Crippen LogP contribution is 2.32. The lowest BCUT2D eigenvalue weighted by Crippen LogP contribution is -2.10. The number of Topliss-reactive ketones (excluding diaryl/α,β-unsaturated/α-hetero) is 1. The van der Waals surface area contributed by atoms with Crippen LogP contribution in [0.25, 0.3) is 11.4 Å². The molecule has 1 aromatic heterocycles. The van der Waals surface area contributed by atoms with Crippen molar-refractivity contribution in [2.75, 3.05) is 13.2 Å². The maximum Gasteiger partial charge on any atom is 0.400 e. The van der Waals surface area contributed by atoms with E-state index in [1.54, 1.807) is 24.3 Å². The topological polar surface area (TPSA) is 65.2 Å². The van der Waals surface area contributed by atoms with Crippen LogP contribution in [0.4, 0.5) is 8.78 Å². The van der Waals surface area contributed by atoms with Crippen molar-refractivity contribution < 1.29 is 22.8 Å². The second-order valence-electron chi connectivity index (χ2n) is 5.38. The number of halogens is 3. The van der Waals surface area contributed by atoms with E-state index in [0.29, 0.717) is 23.7 Å². The zero-order valence-electron chi connectivity index (χ0n) is 12.0. The van der Waals surface area contributed by atoms with E-state index in [-0.39, 0.29) is 18.2 Å². The number of carbonyl (C=O) groups excluding carboxylic acids is 1. The summed E-state index contributed by atoms with van der Waals surface area (Å²) in [7, 11) is 0. The Morgan fingerprint density at radius 3 is 2.61 bits per heavy atom. The van der Waals surface area contributed by atoms with Gasteiger partial charge in [-0.15, -0.1) is 0 Å². The lowest BCUT2D eigenvalue weighted by molar-refractivity contribution is 0.0551. The van der Waals surface area contributed by atoms with Crippen molar-refractivity contribution in [2.24, 2.45) is 5.92 Å². The van der Waals surface area contributed by atoms with Crippen molar-refractivity contribution in [3.63, 3.8) is 0 Å². The van der Waals surface area contributed by atoms with Crippen molar-refractivity contribution in [1.29, 1.82) is 0 Å². The van der Waals surface area contributed by atoms with E-state index < -0.39 is 11.3 Å². The van der Waals surface area contributed by atoms with Crippen molar-refractivity contribution in [2.45, 2.75) is 18.2 Å². The molecule has 0 radical (unpaired) electrons. The van der Waals surface area contributed by atoms with Gasteiger partial charge in [0.25, 0.3) is 0 Å². The van der Waals surface area contributed by atoms with Crippen LogP contribution in [0.15, 0.2) is 28.8 Å². The molecule has 0 N–H and O–H groups in total. The van der Waals surface area contributed by atoms with Crippen LogP contribution in [0, 0.1) is 5.92 Å². The van der Waals surface area contributed by atoms with Crippen LogP contribution < -0.4 is 0 Å². The lowest BCUT2D eigenvalue weighted by atomic mass is 10.1. The van der Waals surface area contributed by atoms with Gasteiger partial charge in [-0.3, -0.25) is 4.79 Å². The third-order valence-electron chi connectivity index (χ3n) is 3.42. The number of aromatic nitrogens is 2. The number of carbonyl (C=O) groups is 1. The summed E-state index contributed by atoms with van der Waals surface area (Å²) in [6.07, 6.45) is 2.33. The van der Waals surface area contributed by atoms with Crippen molar-refractivity contribution in [1.82, 2.24) is 10.1 Å². The van der Waals surface area contributed by atoms with Crippen LogP contribution in [0.5, 0.6) is 0 Å². The van der Waals surface area contributed by atoms with Gasteiger partial charge < -0.3 is 9.26 Å². The molecule has 3 rings (SSSR count). The third kappa shape index (κ3) is 4.11. The molecule has 0 spiro atoms. The number of ether oxygens (including phenoxy) is 1. The van der Waals surface area contributed by atoms with Crippen molar-refractivity contribution in [3.05, 3.63) is 35.7 Å². The number of hydrogen-bond donors (Lipinski definition) is 0. The Morgan fingerprint density at radius 1 is 1.35 bits per heavy atom. The zero-order valence-corrected chi connectivity index (χ0v) is 12.7. The number of benzene rings is 1. The van der Waals surface area contributed by atoms with Crippen LogP contribution in [0.1, 0.15) is 29.1 Å². The van der Waals surface area contributed by atoms with Crippen LogP contribution in [0.2, 0.25) is 0 Å². The number of nitrogens with zero attached hydrogens (tertiary/aromatic N) is 2. The molecule has 1 aromatic carbocycles. The van der Waals surface area contributed by atoms with E-state index in [4.69, 9.17) is 16.3 Å². The van der Waals surface area contributed by atoms with Gasteiger partial charge in [0.1, 0.15) is 6.61 Å². The number of ketones is 1. The van der Waals surface area contributed by atoms with Gasteiger partial charge in [-0.05, 0) is 30.4 Å². The molecule has 0 saturated heterocycles. The summed E-state index contributed by atoms with van der Waals surface area (Å²) in [6, 6.07) is 6.23. The summed E-state index contributed by atoms with van der Waals surface area (Å²) < 4.78 is 35.4. The summed E-state index contributed by atoms with van der Waals surface area (Å²) in [5.74, 6) is -0.539. The second kappa shape index (κ2) is 6.33. The van der Waals surface area contributed by atoms with E-state index in [0.717, 1.165) is 12.8 Å². The first-order chi connectivity index (χ1) is 10.9. The molecule has 0 bridgehead atoms. The van der Waals surface area contributed by atoms with Gasteiger partial charge in [0.05, 0.1) is 6.61 Å². The highest BCUT2D eigenvalue weighted by atomic mass is 35.5. The smallest absolute Gasteiger partial charge is 0.373 e. The van der Waals surface area contributed by atoms with Gasteiger partial charge in [-0.2, -0.15) is 13.8 Å².